The Morgan fingerprint density at radius 3 is 2.30 bits per heavy atom. The number of nitrogens with one attached hydrogen (secondary N) is 1. The number of rotatable bonds is 10. The molecule has 0 aliphatic rings. The predicted octanol–water partition coefficient (Wildman–Crippen LogP) is 4.57. The molecule has 1 N–H and O–H groups in total. The lowest BCUT2D eigenvalue weighted by Gasteiger charge is -2.20. The van der Waals surface area contributed by atoms with Gasteiger partial charge < -0.3 is 10.1 Å². The van der Waals surface area contributed by atoms with Crippen molar-refractivity contribution < 1.29 is 4.74 Å². The Bertz CT molecular complexity index is 345. The van der Waals surface area contributed by atoms with Crippen LogP contribution in [0.5, 0.6) is 5.75 Å². The van der Waals surface area contributed by atoms with Gasteiger partial charge in [0.05, 0.1) is 0 Å². The molecule has 20 heavy (non-hydrogen) atoms. The van der Waals surface area contributed by atoms with Gasteiger partial charge in [0.25, 0.3) is 0 Å². The minimum Gasteiger partial charge on any atom is -0.489 e. The molecule has 0 heterocycles. The largest absolute Gasteiger partial charge is 0.489 e. The SMILES string of the molecule is CCCCc1ccc(OC(CCC)CNC(C)C)cc1. The molecule has 0 aromatic heterocycles. The van der Waals surface area contributed by atoms with Crippen LogP contribution in [0.4, 0.5) is 0 Å². The first-order chi connectivity index (χ1) is 9.65. The Hall–Kier alpha value is -1.02. The molecule has 1 aromatic carbocycles. The number of unbranched alkanes of at least 4 members (excludes halogenated alkanes) is 1. The minimum absolute atomic E-state index is 0.267. The van der Waals surface area contributed by atoms with Gasteiger partial charge in [0.1, 0.15) is 11.9 Å². The van der Waals surface area contributed by atoms with Gasteiger partial charge in [-0.1, -0.05) is 52.7 Å². The van der Waals surface area contributed by atoms with Crippen LogP contribution < -0.4 is 10.1 Å². The van der Waals surface area contributed by atoms with E-state index in [2.05, 4.69) is 57.3 Å². The summed E-state index contributed by atoms with van der Waals surface area (Å²) in [5.74, 6) is 0.995. The lowest BCUT2D eigenvalue weighted by atomic mass is 10.1. The first-order valence-corrected chi connectivity index (χ1v) is 8.14. The molecule has 1 aromatic rings. The zero-order valence-corrected chi connectivity index (χ0v) is 13.6. The van der Waals surface area contributed by atoms with E-state index in [0.717, 1.165) is 25.1 Å². The van der Waals surface area contributed by atoms with Crippen molar-refractivity contribution in [2.75, 3.05) is 6.54 Å². The predicted molar refractivity (Wildman–Crippen MR) is 87.5 cm³/mol. The average molecular weight is 277 g/mol. The second-order valence-corrected chi connectivity index (χ2v) is 5.84. The van der Waals surface area contributed by atoms with Crippen molar-refractivity contribution in [3.05, 3.63) is 29.8 Å². The molecule has 1 rings (SSSR count). The average Bonchev–Trinajstić information content (AvgIpc) is 2.44. The Morgan fingerprint density at radius 2 is 1.75 bits per heavy atom. The van der Waals surface area contributed by atoms with Crippen molar-refractivity contribution >= 4 is 0 Å². The summed E-state index contributed by atoms with van der Waals surface area (Å²) in [6, 6.07) is 9.13. The number of benzene rings is 1. The molecule has 0 spiro atoms. The van der Waals surface area contributed by atoms with E-state index in [4.69, 9.17) is 4.74 Å². The number of ether oxygens (including phenoxy) is 1. The van der Waals surface area contributed by atoms with E-state index in [1.807, 2.05) is 0 Å². The van der Waals surface area contributed by atoms with Crippen LogP contribution in [0.2, 0.25) is 0 Å². The number of hydrogen-bond donors (Lipinski definition) is 1. The van der Waals surface area contributed by atoms with Crippen LogP contribution in [0, 0.1) is 0 Å². The molecular weight excluding hydrogens is 246 g/mol. The highest BCUT2D eigenvalue weighted by Crippen LogP contribution is 2.16. The second-order valence-electron chi connectivity index (χ2n) is 5.84. The maximum Gasteiger partial charge on any atom is 0.119 e. The normalized spacial score (nSPS) is 12.7. The summed E-state index contributed by atoms with van der Waals surface area (Å²) in [6.07, 6.45) is 6.19. The van der Waals surface area contributed by atoms with Crippen LogP contribution in [0.15, 0.2) is 24.3 Å². The smallest absolute Gasteiger partial charge is 0.119 e. The van der Waals surface area contributed by atoms with E-state index in [-0.39, 0.29) is 6.10 Å². The summed E-state index contributed by atoms with van der Waals surface area (Å²) in [7, 11) is 0. The van der Waals surface area contributed by atoms with Gasteiger partial charge in [-0.25, -0.2) is 0 Å². The third-order valence-electron chi connectivity index (χ3n) is 3.41. The molecule has 0 bridgehead atoms. The van der Waals surface area contributed by atoms with Gasteiger partial charge >= 0.3 is 0 Å². The maximum atomic E-state index is 6.10. The summed E-state index contributed by atoms with van der Waals surface area (Å²) in [5, 5.41) is 3.46. The van der Waals surface area contributed by atoms with Gasteiger partial charge in [0, 0.05) is 12.6 Å². The summed E-state index contributed by atoms with van der Waals surface area (Å²) in [6.45, 7) is 9.70. The van der Waals surface area contributed by atoms with Crippen molar-refractivity contribution in [2.24, 2.45) is 0 Å². The highest BCUT2D eigenvalue weighted by atomic mass is 16.5. The third-order valence-corrected chi connectivity index (χ3v) is 3.41. The third kappa shape index (κ3) is 6.95. The topological polar surface area (TPSA) is 21.3 Å². The van der Waals surface area contributed by atoms with Gasteiger partial charge in [-0.3, -0.25) is 0 Å². The first kappa shape index (κ1) is 17.0. The molecule has 0 radical (unpaired) electrons. The Kier molecular flexibility index (Phi) is 8.36. The van der Waals surface area contributed by atoms with E-state index < -0.39 is 0 Å². The zero-order chi connectivity index (χ0) is 14.8. The van der Waals surface area contributed by atoms with Crippen molar-refractivity contribution in [1.29, 1.82) is 0 Å². The van der Waals surface area contributed by atoms with E-state index in [9.17, 15) is 0 Å². The molecule has 1 unspecified atom stereocenters. The molecule has 0 amide bonds. The summed E-state index contributed by atoms with van der Waals surface area (Å²) in [5.41, 5.74) is 1.41. The first-order valence-electron chi connectivity index (χ1n) is 8.14. The monoisotopic (exact) mass is 277 g/mol. The Morgan fingerprint density at radius 1 is 1.05 bits per heavy atom. The van der Waals surface area contributed by atoms with Crippen LogP contribution in [0.1, 0.15) is 58.9 Å². The number of hydrogen-bond acceptors (Lipinski definition) is 2. The second kappa shape index (κ2) is 9.82. The summed E-state index contributed by atoms with van der Waals surface area (Å²) in [4.78, 5) is 0. The molecule has 0 fully saturated rings. The van der Waals surface area contributed by atoms with Crippen molar-refractivity contribution in [2.45, 2.75) is 71.9 Å². The van der Waals surface area contributed by atoms with Crippen LogP contribution in [-0.2, 0) is 6.42 Å². The quantitative estimate of drug-likeness (QED) is 0.676. The number of aryl methyl sites for hydroxylation is 1. The van der Waals surface area contributed by atoms with E-state index >= 15 is 0 Å². The van der Waals surface area contributed by atoms with Gasteiger partial charge in [-0.05, 0) is 37.0 Å². The molecule has 1 atom stereocenters. The Labute approximate surface area is 124 Å². The van der Waals surface area contributed by atoms with Crippen molar-refractivity contribution in [3.8, 4) is 5.75 Å². The lowest BCUT2D eigenvalue weighted by molar-refractivity contribution is 0.183. The fourth-order valence-corrected chi connectivity index (χ4v) is 2.20. The Balaban J connectivity index is 2.50. The summed E-state index contributed by atoms with van der Waals surface area (Å²) < 4.78 is 6.10. The van der Waals surface area contributed by atoms with Gasteiger partial charge in [-0.15, -0.1) is 0 Å². The zero-order valence-electron chi connectivity index (χ0n) is 13.6. The molecule has 2 nitrogen and oxygen atoms in total. The van der Waals surface area contributed by atoms with Crippen LogP contribution in [-0.4, -0.2) is 18.7 Å². The molecule has 2 heteroatoms. The molecule has 0 saturated carbocycles. The maximum absolute atomic E-state index is 6.10. The lowest BCUT2D eigenvalue weighted by Crippen LogP contribution is -2.35. The minimum atomic E-state index is 0.267. The van der Waals surface area contributed by atoms with Crippen LogP contribution >= 0.6 is 0 Å². The van der Waals surface area contributed by atoms with Gasteiger partial charge in [0.2, 0.25) is 0 Å². The molecule has 0 saturated heterocycles. The summed E-state index contributed by atoms with van der Waals surface area (Å²) >= 11 is 0. The van der Waals surface area contributed by atoms with Gasteiger partial charge in [0.15, 0.2) is 0 Å². The standard InChI is InChI=1S/C18H31NO/c1-5-7-9-16-10-12-17(13-11-16)20-18(8-6-2)14-19-15(3)4/h10-13,15,18-19H,5-9,14H2,1-4H3. The fourth-order valence-electron chi connectivity index (χ4n) is 2.20. The molecule has 0 aliphatic heterocycles. The van der Waals surface area contributed by atoms with Crippen molar-refractivity contribution in [1.82, 2.24) is 5.32 Å². The van der Waals surface area contributed by atoms with E-state index in [0.29, 0.717) is 6.04 Å². The molecule has 0 aliphatic carbocycles. The van der Waals surface area contributed by atoms with Gasteiger partial charge in [-0.2, -0.15) is 0 Å². The van der Waals surface area contributed by atoms with E-state index in [1.54, 1.807) is 0 Å². The highest BCUT2D eigenvalue weighted by Gasteiger charge is 2.10. The fraction of sp³-hybridized carbons (Fsp3) is 0.667. The van der Waals surface area contributed by atoms with Crippen molar-refractivity contribution in [3.63, 3.8) is 0 Å². The van der Waals surface area contributed by atoms with E-state index in [1.165, 1.54) is 24.8 Å². The van der Waals surface area contributed by atoms with Crippen LogP contribution in [0.3, 0.4) is 0 Å². The molecular formula is C18H31NO. The highest BCUT2D eigenvalue weighted by molar-refractivity contribution is 5.27. The molecule has 114 valence electrons. The van der Waals surface area contributed by atoms with Crippen LogP contribution in [0.25, 0.3) is 0 Å².